The fraction of sp³-hybridized carbons (Fsp3) is 0.500. The van der Waals surface area contributed by atoms with E-state index in [2.05, 4.69) is 17.2 Å². The lowest BCUT2D eigenvalue weighted by Crippen LogP contribution is -2.37. The van der Waals surface area contributed by atoms with Crippen LogP contribution in [0.4, 0.5) is 0 Å². The van der Waals surface area contributed by atoms with Gasteiger partial charge in [0.2, 0.25) is 5.91 Å². The highest BCUT2D eigenvalue weighted by atomic mass is 16.5. The number of allylic oxidation sites excluding steroid dienone is 1. The van der Waals surface area contributed by atoms with Gasteiger partial charge >= 0.3 is 0 Å². The van der Waals surface area contributed by atoms with Gasteiger partial charge in [0.1, 0.15) is 0 Å². The molecule has 1 saturated heterocycles. The Morgan fingerprint density at radius 2 is 2.09 bits per heavy atom. The maximum absolute atomic E-state index is 12.2. The topological polar surface area (TPSA) is 59.6 Å². The van der Waals surface area contributed by atoms with Crippen molar-refractivity contribution >= 4 is 5.91 Å². The molecule has 2 rings (SSSR count). The Morgan fingerprint density at radius 3 is 2.70 bits per heavy atom. The number of nitrogens with one attached hydrogen (secondary N) is 2. The quantitative estimate of drug-likeness (QED) is 0.756. The largest absolute Gasteiger partial charge is 0.493 e. The molecule has 1 aromatic carbocycles. The van der Waals surface area contributed by atoms with Gasteiger partial charge in [0.15, 0.2) is 11.5 Å². The van der Waals surface area contributed by atoms with Crippen molar-refractivity contribution in [2.45, 2.75) is 25.8 Å². The maximum atomic E-state index is 12.2. The minimum atomic E-state index is 0.115. The zero-order valence-corrected chi connectivity index (χ0v) is 14.0. The number of benzene rings is 1. The lowest BCUT2D eigenvalue weighted by molar-refractivity contribution is -0.125. The first-order chi connectivity index (χ1) is 11.2. The van der Waals surface area contributed by atoms with Crippen molar-refractivity contribution in [3.05, 3.63) is 35.9 Å². The average molecular weight is 318 g/mol. The third kappa shape index (κ3) is 4.48. The Hall–Kier alpha value is -2.01. The minimum absolute atomic E-state index is 0.115. The molecule has 0 radical (unpaired) electrons. The fourth-order valence-corrected chi connectivity index (χ4v) is 2.93. The molecular weight excluding hydrogens is 292 g/mol. The van der Waals surface area contributed by atoms with Gasteiger partial charge in [-0.1, -0.05) is 6.08 Å². The molecule has 1 fully saturated rings. The molecule has 0 aromatic heterocycles. The smallest absolute Gasteiger partial charge is 0.223 e. The van der Waals surface area contributed by atoms with E-state index in [1.807, 2.05) is 18.2 Å². The molecule has 0 aliphatic carbocycles. The number of carbonyl (C=O) groups excluding carboxylic acids is 1. The summed E-state index contributed by atoms with van der Waals surface area (Å²) < 4.78 is 10.8. The minimum Gasteiger partial charge on any atom is -0.493 e. The highest BCUT2D eigenvalue weighted by molar-refractivity contribution is 5.78. The van der Waals surface area contributed by atoms with Crippen LogP contribution in [0.1, 0.15) is 24.0 Å². The number of hydrogen-bond acceptors (Lipinski definition) is 4. The van der Waals surface area contributed by atoms with E-state index in [0.29, 0.717) is 18.7 Å². The van der Waals surface area contributed by atoms with Gasteiger partial charge in [-0.2, -0.15) is 0 Å². The summed E-state index contributed by atoms with van der Waals surface area (Å²) in [5.74, 6) is 1.65. The Kier molecular flexibility index (Phi) is 6.47. The number of rotatable bonds is 7. The summed E-state index contributed by atoms with van der Waals surface area (Å²) in [6.07, 6.45) is 4.32. The number of ether oxygens (including phenoxy) is 2. The highest BCUT2D eigenvalue weighted by Gasteiger charge is 2.20. The number of methoxy groups -OCH3 is 2. The summed E-state index contributed by atoms with van der Waals surface area (Å²) in [5.41, 5.74) is 2.01. The van der Waals surface area contributed by atoms with Crippen LogP contribution in [0.2, 0.25) is 0 Å². The van der Waals surface area contributed by atoms with Crippen molar-refractivity contribution in [3.63, 3.8) is 0 Å². The summed E-state index contributed by atoms with van der Waals surface area (Å²) >= 11 is 0. The third-order valence-electron chi connectivity index (χ3n) is 4.16. The van der Waals surface area contributed by atoms with E-state index in [1.54, 1.807) is 14.2 Å². The molecule has 1 amide bonds. The van der Waals surface area contributed by atoms with Crippen molar-refractivity contribution in [1.82, 2.24) is 10.6 Å². The van der Waals surface area contributed by atoms with Gasteiger partial charge in [-0.3, -0.25) is 4.79 Å². The van der Waals surface area contributed by atoms with Crippen LogP contribution in [0.5, 0.6) is 11.5 Å². The number of hydrogen-bond donors (Lipinski definition) is 2. The fourth-order valence-electron chi connectivity index (χ4n) is 2.93. The van der Waals surface area contributed by atoms with Crippen LogP contribution in [0, 0.1) is 5.92 Å². The number of carbonyl (C=O) groups is 1. The maximum Gasteiger partial charge on any atom is 0.223 e. The average Bonchev–Trinajstić information content (AvgIpc) is 2.60. The van der Waals surface area contributed by atoms with Crippen LogP contribution in [-0.2, 0) is 17.8 Å². The van der Waals surface area contributed by atoms with E-state index in [1.165, 1.54) is 0 Å². The summed E-state index contributed by atoms with van der Waals surface area (Å²) in [6.45, 7) is 6.10. The monoisotopic (exact) mass is 318 g/mol. The van der Waals surface area contributed by atoms with Crippen molar-refractivity contribution in [2.75, 3.05) is 27.3 Å². The zero-order chi connectivity index (χ0) is 16.7. The standard InChI is InChI=1S/C18H26N2O3/c1-4-5-15-10-13(11-16(22-2)17(15)23-3)12-20-18(21)14-6-8-19-9-7-14/h4,10-11,14,19H,1,5-9,12H2,2-3H3,(H,20,21). The van der Waals surface area contributed by atoms with E-state index in [9.17, 15) is 4.79 Å². The Morgan fingerprint density at radius 1 is 1.35 bits per heavy atom. The SMILES string of the molecule is C=CCc1cc(CNC(=O)C2CCNCC2)cc(OC)c1OC. The molecule has 5 heteroatoms. The van der Waals surface area contributed by atoms with E-state index in [-0.39, 0.29) is 11.8 Å². The van der Waals surface area contributed by atoms with Crippen molar-refractivity contribution < 1.29 is 14.3 Å². The summed E-state index contributed by atoms with van der Waals surface area (Å²) in [6, 6.07) is 3.94. The number of piperidine rings is 1. The molecule has 0 unspecified atom stereocenters. The third-order valence-corrected chi connectivity index (χ3v) is 4.16. The Bertz CT molecular complexity index is 551. The van der Waals surface area contributed by atoms with Gasteiger partial charge in [0.05, 0.1) is 14.2 Å². The lowest BCUT2D eigenvalue weighted by atomic mass is 9.97. The van der Waals surface area contributed by atoms with E-state index in [4.69, 9.17) is 9.47 Å². The van der Waals surface area contributed by atoms with Gasteiger partial charge in [-0.05, 0) is 50.0 Å². The first-order valence-electron chi connectivity index (χ1n) is 8.02. The second kappa shape index (κ2) is 8.58. The van der Waals surface area contributed by atoms with Crippen LogP contribution >= 0.6 is 0 Å². The molecule has 1 aromatic rings. The Labute approximate surface area is 138 Å². The molecule has 1 heterocycles. The zero-order valence-electron chi connectivity index (χ0n) is 14.0. The van der Waals surface area contributed by atoms with E-state index < -0.39 is 0 Å². The summed E-state index contributed by atoms with van der Waals surface area (Å²) in [5, 5.41) is 6.31. The Balaban J connectivity index is 2.08. The molecule has 0 bridgehead atoms. The number of amides is 1. The van der Waals surface area contributed by atoms with Gasteiger partial charge in [-0.25, -0.2) is 0 Å². The summed E-state index contributed by atoms with van der Waals surface area (Å²) in [7, 11) is 3.25. The molecular formula is C18H26N2O3. The first kappa shape index (κ1) is 17.3. The predicted molar refractivity (Wildman–Crippen MR) is 90.9 cm³/mol. The second-order valence-corrected chi connectivity index (χ2v) is 5.73. The first-order valence-corrected chi connectivity index (χ1v) is 8.02. The predicted octanol–water partition coefficient (Wildman–Crippen LogP) is 2.05. The molecule has 23 heavy (non-hydrogen) atoms. The van der Waals surface area contributed by atoms with E-state index in [0.717, 1.165) is 42.8 Å². The second-order valence-electron chi connectivity index (χ2n) is 5.73. The van der Waals surface area contributed by atoms with Crippen molar-refractivity contribution in [2.24, 2.45) is 5.92 Å². The van der Waals surface area contributed by atoms with Crippen LogP contribution in [0.3, 0.4) is 0 Å². The van der Waals surface area contributed by atoms with Crippen molar-refractivity contribution in [3.8, 4) is 11.5 Å². The molecule has 1 aliphatic heterocycles. The normalized spacial score (nSPS) is 15.0. The molecule has 0 spiro atoms. The van der Waals surface area contributed by atoms with Gasteiger partial charge < -0.3 is 20.1 Å². The van der Waals surface area contributed by atoms with Crippen LogP contribution in [-0.4, -0.2) is 33.2 Å². The molecule has 2 N–H and O–H groups in total. The summed E-state index contributed by atoms with van der Waals surface area (Å²) in [4.78, 5) is 12.2. The van der Waals surface area contributed by atoms with E-state index >= 15 is 0 Å². The van der Waals surface area contributed by atoms with Gasteiger partial charge in [0.25, 0.3) is 0 Å². The van der Waals surface area contributed by atoms with Crippen LogP contribution in [0.25, 0.3) is 0 Å². The highest BCUT2D eigenvalue weighted by Crippen LogP contribution is 2.33. The molecule has 126 valence electrons. The molecule has 0 atom stereocenters. The lowest BCUT2D eigenvalue weighted by Gasteiger charge is -2.22. The molecule has 1 aliphatic rings. The molecule has 0 saturated carbocycles. The van der Waals surface area contributed by atoms with Crippen LogP contribution < -0.4 is 20.1 Å². The molecule has 5 nitrogen and oxygen atoms in total. The van der Waals surface area contributed by atoms with Crippen LogP contribution in [0.15, 0.2) is 24.8 Å². The van der Waals surface area contributed by atoms with Gasteiger partial charge in [-0.15, -0.1) is 6.58 Å². The van der Waals surface area contributed by atoms with Crippen molar-refractivity contribution in [1.29, 1.82) is 0 Å². The van der Waals surface area contributed by atoms with Gasteiger partial charge in [0, 0.05) is 18.0 Å².